The molecule has 2 atom stereocenters. The number of ether oxygens (including phenoxy) is 2. The fourth-order valence-corrected chi connectivity index (χ4v) is 2.50. The van der Waals surface area contributed by atoms with E-state index in [9.17, 15) is 13.6 Å². The van der Waals surface area contributed by atoms with E-state index < -0.39 is 6.61 Å². The van der Waals surface area contributed by atoms with Crippen molar-refractivity contribution >= 4 is 18.3 Å². The molecule has 1 aromatic carbocycles. The molecule has 130 valence electrons. The normalized spacial score (nSPS) is 20.6. The van der Waals surface area contributed by atoms with Gasteiger partial charge in [0.15, 0.2) is 11.5 Å². The van der Waals surface area contributed by atoms with Crippen LogP contribution in [0.15, 0.2) is 18.2 Å². The van der Waals surface area contributed by atoms with Crippen molar-refractivity contribution < 1.29 is 23.0 Å². The van der Waals surface area contributed by atoms with Gasteiger partial charge in [-0.25, -0.2) is 0 Å². The van der Waals surface area contributed by atoms with Crippen LogP contribution in [0.2, 0.25) is 0 Å². The van der Waals surface area contributed by atoms with E-state index in [2.05, 4.69) is 15.4 Å². The van der Waals surface area contributed by atoms with Gasteiger partial charge >= 0.3 is 6.61 Å². The third-order valence-corrected chi connectivity index (χ3v) is 3.72. The first-order valence-electron chi connectivity index (χ1n) is 7.18. The molecule has 5 nitrogen and oxygen atoms in total. The number of methoxy groups -OCH3 is 1. The molecule has 1 fully saturated rings. The quantitative estimate of drug-likeness (QED) is 0.857. The van der Waals surface area contributed by atoms with Crippen LogP contribution in [-0.2, 0) is 0 Å². The van der Waals surface area contributed by atoms with E-state index in [4.69, 9.17) is 4.74 Å². The van der Waals surface area contributed by atoms with Gasteiger partial charge in [-0.3, -0.25) is 4.79 Å². The number of halogens is 3. The molecule has 0 aliphatic carbocycles. The number of carbonyl (C=O) groups is 1. The molecule has 8 heteroatoms. The van der Waals surface area contributed by atoms with E-state index in [-0.39, 0.29) is 47.5 Å². The molecule has 1 amide bonds. The largest absolute Gasteiger partial charge is 0.493 e. The van der Waals surface area contributed by atoms with Crippen molar-refractivity contribution in [3.05, 3.63) is 23.8 Å². The fraction of sp³-hybridized carbons (Fsp3) is 0.533. The highest BCUT2D eigenvalue weighted by Gasteiger charge is 2.23. The molecule has 1 heterocycles. The Morgan fingerprint density at radius 3 is 2.74 bits per heavy atom. The first kappa shape index (κ1) is 19.4. The van der Waals surface area contributed by atoms with Gasteiger partial charge in [-0.05, 0) is 44.5 Å². The average molecular weight is 351 g/mol. The van der Waals surface area contributed by atoms with Crippen molar-refractivity contribution in [2.75, 3.05) is 13.7 Å². The maximum Gasteiger partial charge on any atom is 0.387 e. The molecule has 0 saturated carbocycles. The molecule has 2 N–H and O–H groups in total. The molecule has 0 aromatic heterocycles. The highest BCUT2D eigenvalue weighted by molar-refractivity contribution is 5.95. The maximum absolute atomic E-state index is 12.4. The molecule has 0 spiro atoms. The average Bonchev–Trinajstić information content (AvgIpc) is 2.49. The number of hydrogen-bond donors (Lipinski definition) is 2. The minimum Gasteiger partial charge on any atom is -0.493 e. The van der Waals surface area contributed by atoms with E-state index in [1.165, 1.54) is 25.3 Å². The van der Waals surface area contributed by atoms with E-state index in [1.807, 2.05) is 6.92 Å². The van der Waals surface area contributed by atoms with Crippen LogP contribution in [0.1, 0.15) is 30.1 Å². The Hall–Kier alpha value is -1.60. The van der Waals surface area contributed by atoms with Crippen LogP contribution < -0.4 is 20.1 Å². The van der Waals surface area contributed by atoms with Crippen molar-refractivity contribution in [1.82, 2.24) is 10.6 Å². The van der Waals surface area contributed by atoms with Gasteiger partial charge in [0.2, 0.25) is 0 Å². The Bertz CT molecular complexity index is 531. The summed E-state index contributed by atoms with van der Waals surface area (Å²) in [7, 11) is 1.35. The molecule has 0 radical (unpaired) electrons. The predicted molar refractivity (Wildman–Crippen MR) is 84.8 cm³/mol. The number of amides is 1. The number of alkyl halides is 2. The standard InChI is InChI=1S/C15H20F2N2O3.ClH/c1-9-11(4-3-7-18-9)19-14(20)10-5-6-12(21-2)13(8-10)22-15(16)17;/h5-6,8-9,11,15,18H,3-4,7H2,1-2H3,(H,19,20);1H. The number of benzene rings is 1. The van der Waals surface area contributed by atoms with Crippen molar-refractivity contribution in [2.24, 2.45) is 0 Å². The van der Waals surface area contributed by atoms with Crippen LogP contribution in [0.4, 0.5) is 8.78 Å². The van der Waals surface area contributed by atoms with Crippen molar-refractivity contribution in [1.29, 1.82) is 0 Å². The number of piperidine rings is 1. The zero-order valence-corrected chi connectivity index (χ0v) is 13.8. The van der Waals surface area contributed by atoms with Crippen molar-refractivity contribution in [3.63, 3.8) is 0 Å². The van der Waals surface area contributed by atoms with Crippen LogP contribution in [0.3, 0.4) is 0 Å². The molecule has 2 rings (SSSR count). The van der Waals surface area contributed by atoms with Gasteiger partial charge in [-0.2, -0.15) is 8.78 Å². The minimum absolute atomic E-state index is 0. The third kappa shape index (κ3) is 5.21. The number of nitrogens with one attached hydrogen (secondary N) is 2. The van der Waals surface area contributed by atoms with Gasteiger partial charge < -0.3 is 20.1 Å². The maximum atomic E-state index is 12.4. The molecule has 1 aliphatic rings. The zero-order valence-electron chi connectivity index (χ0n) is 13.0. The molecule has 2 unspecified atom stereocenters. The van der Waals surface area contributed by atoms with E-state index in [1.54, 1.807) is 0 Å². The molecule has 1 saturated heterocycles. The first-order valence-corrected chi connectivity index (χ1v) is 7.18. The van der Waals surface area contributed by atoms with Gasteiger partial charge in [0.1, 0.15) is 0 Å². The second-order valence-corrected chi connectivity index (χ2v) is 5.21. The van der Waals surface area contributed by atoms with Gasteiger partial charge in [0.05, 0.1) is 7.11 Å². The lowest BCUT2D eigenvalue weighted by atomic mass is 9.99. The van der Waals surface area contributed by atoms with Crippen molar-refractivity contribution in [2.45, 2.75) is 38.5 Å². The number of carbonyl (C=O) groups excluding carboxylic acids is 1. The van der Waals surface area contributed by atoms with E-state index in [0.29, 0.717) is 0 Å². The summed E-state index contributed by atoms with van der Waals surface area (Å²) in [5, 5.41) is 6.20. The highest BCUT2D eigenvalue weighted by atomic mass is 35.5. The Kier molecular flexibility index (Phi) is 7.51. The van der Waals surface area contributed by atoms with Crippen LogP contribution in [0.5, 0.6) is 11.5 Å². The summed E-state index contributed by atoms with van der Waals surface area (Å²) in [6.45, 7) is -0.0406. The van der Waals surface area contributed by atoms with Gasteiger partial charge in [0, 0.05) is 17.6 Å². The Morgan fingerprint density at radius 1 is 1.39 bits per heavy atom. The molecule has 1 aromatic rings. The molecular weight excluding hydrogens is 330 g/mol. The monoisotopic (exact) mass is 350 g/mol. The second kappa shape index (κ2) is 8.88. The number of hydrogen-bond acceptors (Lipinski definition) is 4. The zero-order chi connectivity index (χ0) is 16.1. The second-order valence-electron chi connectivity index (χ2n) is 5.21. The summed E-state index contributed by atoms with van der Waals surface area (Å²) in [4.78, 5) is 12.3. The Morgan fingerprint density at radius 2 is 2.13 bits per heavy atom. The van der Waals surface area contributed by atoms with Gasteiger partial charge in [-0.15, -0.1) is 12.4 Å². The predicted octanol–water partition coefficient (Wildman–Crippen LogP) is 2.59. The topological polar surface area (TPSA) is 59.6 Å². The molecular formula is C15H21ClF2N2O3. The van der Waals surface area contributed by atoms with Crippen LogP contribution in [0, 0.1) is 0 Å². The summed E-state index contributed by atoms with van der Waals surface area (Å²) >= 11 is 0. The lowest BCUT2D eigenvalue weighted by Crippen LogP contribution is -2.51. The van der Waals surface area contributed by atoms with Crippen LogP contribution in [-0.4, -0.2) is 38.3 Å². The van der Waals surface area contributed by atoms with E-state index >= 15 is 0 Å². The fourth-order valence-electron chi connectivity index (χ4n) is 2.50. The minimum atomic E-state index is -2.98. The highest BCUT2D eigenvalue weighted by Crippen LogP contribution is 2.29. The SMILES string of the molecule is COc1ccc(C(=O)NC2CCCNC2C)cc1OC(F)F.Cl. The lowest BCUT2D eigenvalue weighted by molar-refractivity contribution is -0.0512. The summed E-state index contributed by atoms with van der Waals surface area (Å²) < 4.78 is 34.1. The van der Waals surface area contributed by atoms with Gasteiger partial charge in [-0.1, -0.05) is 0 Å². The van der Waals surface area contributed by atoms with Crippen LogP contribution >= 0.6 is 12.4 Å². The lowest BCUT2D eigenvalue weighted by Gasteiger charge is -2.30. The summed E-state index contributed by atoms with van der Waals surface area (Å²) in [6.07, 6.45) is 1.87. The smallest absolute Gasteiger partial charge is 0.387 e. The Labute approximate surface area is 140 Å². The molecule has 1 aliphatic heterocycles. The third-order valence-electron chi connectivity index (χ3n) is 3.72. The first-order chi connectivity index (χ1) is 10.5. The molecule has 0 bridgehead atoms. The number of rotatable bonds is 5. The van der Waals surface area contributed by atoms with Crippen molar-refractivity contribution in [3.8, 4) is 11.5 Å². The van der Waals surface area contributed by atoms with Crippen LogP contribution in [0.25, 0.3) is 0 Å². The summed E-state index contributed by atoms with van der Waals surface area (Å²) in [6, 6.07) is 4.42. The molecule has 23 heavy (non-hydrogen) atoms. The Balaban J connectivity index is 0.00000264. The summed E-state index contributed by atoms with van der Waals surface area (Å²) in [5.41, 5.74) is 0.259. The summed E-state index contributed by atoms with van der Waals surface area (Å²) in [5.74, 6) is -0.313. The van der Waals surface area contributed by atoms with Gasteiger partial charge in [0.25, 0.3) is 5.91 Å². The van der Waals surface area contributed by atoms with E-state index in [0.717, 1.165) is 19.4 Å².